The molecule has 0 saturated heterocycles. The molecule has 0 fully saturated rings. The number of carbonyl (C=O) groups is 1. The van der Waals surface area contributed by atoms with E-state index in [0.29, 0.717) is 17.5 Å². The summed E-state index contributed by atoms with van der Waals surface area (Å²) in [7, 11) is 0. The molecule has 0 spiro atoms. The molecule has 7 heteroatoms. The van der Waals surface area contributed by atoms with Crippen LogP contribution in [0.15, 0.2) is 32.8 Å². The monoisotopic (exact) mass is 253 g/mol. The molecule has 2 aromatic heterocycles. The van der Waals surface area contributed by atoms with Gasteiger partial charge < -0.3 is 4.42 Å². The topological polar surface area (TPSA) is 80.9 Å². The van der Waals surface area contributed by atoms with Crippen molar-refractivity contribution in [1.82, 2.24) is 14.8 Å². The molecular formula is C10H11N3O3S. The first-order chi connectivity index (χ1) is 8.22. The second kappa shape index (κ2) is 5.05. The van der Waals surface area contributed by atoms with E-state index in [0.717, 1.165) is 0 Å². The Hall–Kier alpha value is -1.76. The van der Waals surface area contributed by atoms with Crippen LogP contribution in [0.1, 0.15) is 17.5 Å². The predicted molar refractivity (Wildman–Crippen MR) is 62.3 cm³/mol. The zero-order valence-corrected chi connectivity index (χ0v) is 9.99. The molecule has 0 bridgehead atoms. The second-order valence-corrected chi connectivity index (χ2v) is 4.19. The summed E-state index contributed by atoms with van der Waals surface area (Å²) >= 11 is 1.21. The van der Waals surface area contributed by atoms with Crippen molar-refractivity contribution in [2.24, 2.45) is 0 Å². The number of ketones is 1. The van der Waals surface area contributed by atoms with Crippen LogP contribution in [0.25, 0.3) is 0 Å². The van der Waals surface area contributed by atoms with Crippen LogP contribution in [0.5, 0.6) is 0 Å². The number of furan rings is 1. The molecule has 0 radical (unpaired) electrons. The number of thioether (sulfide) groups is 1. The van der Waals surface area contributed by atoms with Crippen LogP contribution in [-0.4, -0.2) is 26.3 Å². The Morgan fingerprint density at radius 1 is 1.65 bits per heavy atom. The van der Waals surface area contributed by atoms with Crippen molar-refractivity contribution in [1.29, 1.82) is 0 Å². The highest BCUT2D eigenvalue weighted by Gasteiger charge is 2.13. The molecule has 2 aromatic rings. The molecule has 2 rings (SSSR count). The summed E-state index contributed by atoms with van der Waals surface area (Å²) in [6, 6.07) is 3.27. The molecule has 0 amide bonds. The molecule has 0 aliphatic rings. The summed E-state index contributed by atoms with van der Waals surface area (Å²) in [6.07, 6.45) is 1.45. The van der Waals surface area contributed by atoms with E-state index in [-0.39, 0.29) is 17.2 Å². The van der Waals surface area contributed by atoms with Crippen molar-refractivity contribution in [3.8, 4) is 0 Å². The molecule has 0 aliphatic carbocycles. The largest absolute Gasteiger partial charge is 0.461 e. The fourth-order valence-corrected chi connectivity index (χ4v) is 2.21. The number of Topliss-reactive ketones (excluding diaryl/α,β-unsaturated/α-hetero) is 1. The maximum absolute atomic E-state index is 11.6. The van der Waals surface area contributed by atoms with E-state index in [1.54, 1.807) is 12.1 Å². The Morgan fingerprint density at radius 2 is 2.47 bits per heavy atom. The fourth-order valence-electron chi connectivity index (χ4n) is 1.33. The van der Waals surface area contributed by atoms with E-state index in [2.05, 4.69) is 10.2 Å². The zero-order valence-electron chi connectivity index (χ0n) is 9.17. The van der Waals surface area contributed by atoms with Crippen LogP contribution in [0.3, 0.4) is 0 Å². The summed E-state index contributed by atoms with van der Waals surface area (Å²) in [4.78, 5) is 22.9. The molecule has 1 N–H and O–H groups in total. The highest BCUT2D eigenvalue weighted by Crippen LogP contribution is 2.15. The number of hydrogen-bond acceptors (Lipinski definition) is 5. The third-order valence-corrected chi connectivity index (χ3v) is 3.14. The zero-order chi connectivity index (χ0) is 12.3. The maximum atomic E-state index is 11.6. The number of nitrogens with one attached hydrogen (secondary N) is 1. The summed E-state index contributed by atoms with van der Waals surface area (Å²) in [5.41, 5.74) is -0.263. The lowest BCUT2D eigenvalue weighted by Gasteiger charge is -2.00. The minimum absolute atomic E-state index is 0.127. The van der Waals surface area contributed by atoms with E-state index in [4.69, 9.17) is 4.42 Å². The number of aromatic amines is 1. The normalized spacial score (nSPS) is 10.6. The van der Waals surface area contributed by atoms with Crippen molar-refractivity contribution in [2.75, 3.05) is 5.75 Å². The van der Waals surface area contributed by atoms with Gasteiger partial charge in [-0.1, -0.05) is 11.8 Å². The Labute approximate surface area is 101 Å². The van der Waals surface area contributed by atoms with Gasteiger partial charge in [-0.2, -0.15) is 0 Å². The highest BCUT2D eigenvalue weighted by molar-refractivity contribution is 7.99. The molecule has 0 atom stereocenters. The third kappa shape index (κ3) is 2.50. The van der Waals surface area contributed by atoms with Gasteiger partial charge >= 0.3 is 5.69 Å². The lowest BCUT2D eigenvalue weighted by atomic mass is 10.3. The Bertz CT molecular complexity index is 556. The summed E-state index contributed by atoms with van der Waals surface area (Å²) in [5.74, 6) is 0.384. The molecule has 0 aromatic carbocycles. The molecule has 0 saturated carbocycles. The average molecular weight is 253 g/mol. The number of rotatable bonds is 5. The van der Waals surface area contributed by atoms with Gasteiger partial charge in [0, 0.05) is 6.54 Å². The van der Waals surface area contributed by atoms with Crippen LogP contribution in [0.4, 0.5) is 0 Å². The smallest absolute Gasteiger partial charge is 0.343 e. The highest BCUT2D eigenvalue weighted by atomic mass is 32.2. The van der Waals surface area contributed by atoms with E-state index in [1.807, 2.05) is 6.92 Å². The van der Waals surface area contributed by atoms with Crippen molar-refractivity contribution in [2.45, 2.75) is 18.6 Å². The lowest BCUT2D eigenvalue weighted by molar-refractivity contribution is 0.0992. The van der Waals surface area contributed by atoms with Gasteiger partial charge in [0.1, 0.15) is 0 Å². The fraction of sp³-hybridized carbons (Fsp3) is 0.300. The molecule has 2 heterocycles. The van der Waals surface area contributed by atoms with Crippen LogP contribution < -0.4 is 5.69 Å². The number of H-pyrrole nitrogens is 1. The SMILES string of the molecule is CCn1c(SCC(=O)c2ccco2)n[nH]c1=O. The van der Waals surface area contributed by atoms with Gasteiger partial charge in [-0.3, -0.25) is 9.36 Å². The number of nitrogens with zero attached hydrogens (tertiary/aromatic N) is 2. The van der Waals surface area contributed by atoms with E-state index < -0.39 is 0 Å². The Morgan fingerprint density at radius 3 is 3.12 bits per heavy atom. The van der Waals surface area contributed by atoms with Crippen LogP contribution >= 0.6 is 11.8 Å². The van der Waals surface area contributed by atoms with Gasteiger partial charge in [0.2, 0.25) is 5.78 Å². The summed E-state index contributed by atoms with van der Waals surface area (Å²) in [6.45, 7) is 2.36. The third-order valence-electron chi connectivity index (χ3n) is 2.17. The first-order valence-corrected chi connectivity index (χ1v) is 6.05. The van der Waals surface area contributed by atoms with E-state index in [1.165, 1.54) is 22.6 Å². The molecule has 90 valence electrons. The van der Waals surface area contributed by atoms with Crippen LogP contribution in [-0.2, 0) is 6.54 Å². The first kappa shape index (κ1) is 11.7. The van der Waals surface area contributed by atoms with Gasteiger partial charge in [-0.05, 0) is 19.1 Å². The minimum Gasteiger partial charge on any atom is -0.461 e. The molecule has 0 unspecified atom stereocenters. The van der Waals surface area contributed by atoms with Crippen molar-refractivity contribution in [3.63, 3.8) is 0 Å². The number of carbonyl (C=O) groups excluding carboxylic acids is 1. The van der Waals surface area contributed by atoms with Crippen molar-refractivity contribution in [3.05, 3.63) is 34.6 Å². The Kier molecular flexibility index (Phi) is 3.48. The molecular weight excluding hydrogens is 242 g/mol. The van der Waals surface area contributed by atoms with Gasteiger partial charge in [0.25, 0.3) is 0 Å². The van der Waals surface area contributed by atoms with Gasteiger partial charge in [-0.15, -0.1) is 5.10 Å². The molecule has 17 heavy (non-hydrogen) atoms. The maximum Gasteiger partial charge on any atom is 0.343 e. The van der Waals surface area contributed by atoms with Gasteiger partial charge in [0.15, 0.2) is 10.9 Å². The average Bonchev–Trinajstić information content (AvgIpc) is 2.95. The molecule has 6 nitrogen and oxygen atoms in total. The molecule has 0 aliphatic heterocycles. The van der Waals surface area contributed by atoms with Crippen LogP contribution in [0, 0.1) is 0 Å². The predicted octanol–water partition coefficient (Wildman–Crippen LogP) is 1.16. The van der Waals surface area contributed by atoms with Gasteiger partial charge in [0.05, 0.1) is 12.0 Å². The number of aromatic nitrogens is 3. The van der Waals surface area contributed by atoms with E-state index >= 15 is 0 Å². The lowest BCUT2D eigenvalue weighted by Crippen LogP contribution is -2.16. The summed E-state index contributed by atoms with van der Waals surface area (Å²) < 4.78 is 6.46. The van der Waals surface area contributed by atoms with Gasteiger partial charge in [-0.25, -0.2) is 9.89 Å². The van der Waals surface area contributed by atoms with Crippen molar-refractivity contribution < 1.29 is 9.21 Å². The van der Waals surface area contributed by atoms with E-state index in [9.17, 15) is 9.59 Å². The second-order valence-electron chi connectivity index (χ2n) is 3.24. The van der Waals surface area contributed by atoms with Crippen LogP contribution in [0.2, 0.25) is 0 Å². The summed E-state index contributed by atoms with van der Waals surface area (Å²) in [5, 5.41) is 6.71. The minimum atomic E-state index is -0.263. The first-order valence-electron chi connectivity index (χ1n) is 5.07. The Balaban J connectivity index is 2.03. The quantitative estimate of drug-likeness (QED) is 0.638. The standard InChI is InChI=1S/C10H11N3O3S/c1-2-13-9(15)11-12-10(13)17-6-7(14)8-4-3-5-16-8/h3-5H,2,6H2,1H3,(H,11,15). The number of hydrogen-bond donors (Lipinski definition) is 1. The van der Waals surface area contributed by atoms with Crippen molar-refractivity contribution >= 4 is 17.5 Å².